The lowest BCUT2D eigenvalue weighted by molar-refractivity contribution is -0.120. The SMILES string of the molecule is CCOc1ccc(S(=O)(=O)NCC(=O)NC2CCCNC2)cc1OCC. The van der Waals surface area contributed by atoms with Crippen LogP contribution in [0.3, 0.4) is 0 Å². The van der Waals surface area contributed by atoms with Crippen molar-refractivity contribution in [3.63, 3.8) is 0 Å². The van der Waals surface area contributed by atoms with Gasteiger partial charge in [0.05, 0.1) is 24.7 Å². The number of hydrogen-bond acceptors (Lipinski definition) is 6. The maximum Gasteiger partial charge on any atom is 0.241 e. The summed E-state index contributed by atoms with van der Waals surface area (Å²) in [6.07, 6.45) is 1.88. The number of hydrogen-bond donors (Lipinski definition) is 3. The Hall–Kier alpha value is -1.84. The molecule has 1 fully saturated rings. The molecule has 0 aromatic heterocycles. The summed E-state index contributed by atoms with van der Waals surface area (Å²) < 4.78 is 38.1. The van der Waals surface area contributed by atoms with Crippen LogP contribution < -0.4 is 24.8 Å². The third-order valence-electron chi connectivity index (χ3n) is 3.91. The van der Waals surface area contributed by atoms with E-state index in [0.29, 0.717) is 31.3 Å². The fraction of sp³-hybridized carbons (Fsp3) is 0.588. The molecule has 0 bridgehead atoms. The Morgan fingerprint density at radius 2 is 1.96 bits per heavy atom. The molecule has 1 saturated heterocycles. The second-order valence-electron chi connectivity index (χ2n) is 5.91. The van der Waals surface area contributed by atoms with Gasteiger partial charge in [0.15, 0.2) is 11.5 Å². The summed E-state index contributed by atoms with van der Waals surface area (Å²) in [6.45, 7) is 5.81. The van der Waals surface area contributed by atoms with Crippen molar-refractivity contribution in [3.05, 3.63) is 18.2 Å². The van der Waals surface area contributed by atoms with Crippen molar-refractivity contribution in [2.75, 3.05) is 32.8 Å². The van der Waals surface area contributed by atoms with Gasteiger partial charge in [-0.3, -0.25) is 4.79 Å². The van der Waals surface area contributed by atoms with Gasteiger partial charge in [-0.05, 0) is 45.4 Å². The van der Waals surface area contributed by atoms with Gasteiger partial charge >= 0.3 is 0 Å². The summed E-state index contributed by atoms with van der Waals surface area (Å²) in [5.74, 6) is 0.490. The standard InChI is InChI=1S/C17H27N3O5S/c1-3-24-15-8-7-14(10-16(15)25-4-2)26(22,23)19-12-17(21)20-13-6-5-9-18-11-13/h7-8,10,13,18-19H,3-6,9,11-12H2,1-2H3,(H,20,21). The zero-order chi connectivity index (χ0) is 19.0. The number of piperidine rings is 1. The van der Waals surface area contributed by atoms with Crippen LogP contribution in [0.4, 0.5) is 0 Å². The van der Waals surface area contributed by atoms with Crippen molar-refractivity contribution in [1.29, 1.82) is 0 Å². The van der Waals surface area contributed by atoms with E-state index in [0.717, 1.165) is 19.4 Å². The Morgan fingerprint density at radius 1 is 1.23 bits per heavy atom. The predicted octanol–water partition coefficient (Wildman–Crippen LogP) is 0.631. The Bertz CT molecular complexity index is 702. The second-order valence-corrected chi connectivity index (χ2v) is 7.68. The molecule has 1 aliphatic rings. The lowest BCUT2D eigenvalue weighted by atomic mass is 10.1. The van der Waals surface area contributed by atoms with Crippen LogP contribution in [0.2, 0.25) is 0 Å². The minimum absolute atomic E-state index is 0.0246. The van der Waals surface area contributed by atoms with Crippen LogP contribution in [0.5, 0.6) is 11.5 Å². The quantitative estimate of drug-likeness (QED) is 0.576. The summed E-state index contributed by atoms with van der Waals surface area (Å²) in [7, 11) is -3.83. The van der Waals surface area contributed by atoms with E-state index < -0.39 is 10.0 Å². The van der Waals surface area contributed by atoms with Crippen molar-refractivity contribution in [2.45, 2.75) is 37.6 Å². The zero-order valence-corrected chi connectivity index (χ0v) is 16.0. The monoisotopic (exact) mass is 385 g/mol. The van der Waals surface area contributed by atoms with Crippen LogP contribution >= 0.6 is 0 Å². The van der Waals surface area contributed by atoms with E-state index >= 15 is 0 Å². The lowest BCUT2D eigenvalue weighted by Gasteiger charge is -2.23. The van der Waals surface area contributed by atoms with Gasteiger partial charge in [0.25, 0.3) is 0 Å². The molecule has 0 radical (unpaired) electrons. The van der Waals surface area contributed by atoms with Crippen molar-refractivity contribution in [1.82, 2.24) is 15.4 Å². The number of carbonyl (C=O) groups is 1. The topological polar surface area (TPSA) is 106 Å². The lowest BCUT2D eigenvalue weighted by Crippen LogP contribution is -2.48. The van der Waals surface area contributed by atoms with Crippen LogP contribution in [0.25, 0.3) is 0 Å². The molecule has 0 saturated carbocycles. The average molecular weight is 385 g/mol. The molecule has 3 N–H and O–H groups in total. The first-order valence-corrected chi connectivity index (χ1v) is 10.3. The van der Waals surface area contributed by atoms with E-state index in [1.54, 1.807) is 13.0 Å². The molecule has 1 aliphatic heterocycles. The van der Waals surface area contributed by atoms with E-state index in [1.165, 1.54) is 12.1 Å². The molecule has 9 heteroatoms. The second kappa shape index (κ2) is 9.75. The third kappa shape index (κ3) is 5.86. The normalized spacial score (nSPS) is 17.5. The van der Waals surface area contributed by atoms with Gasteiger partial charge in [-0.15, -0.1) is 0 Å². The number of benzene rings is 1. The van der Waals surface area contributed by atoms with Gasteiger partial charge in [0.2, 0.25) is 15.9 Å². The van der Waals surface area contributed by atoms with E-state index in [9.17, 15) is 13.2 Å². The van der Waals surface area contributed by atoms with Crippen LogP contribution in [-0.2, 0) is 14.8 Å². The summed E-state index contributed by atoms with van der Waals surface area (Å²) >= 11 is 0. The number of amides is 1. The van der Waals surface area contributed by atoms with Gasteiger partial charge in [-0.2, -0.15) is 0 Å². The van der Waals surface area contributed by atoms with Crippen molar-refractivity contribution < 1.29 is 22.7 Å². The van der Waals surface area contributed by atoms with Crippen LogP contribution in [0.1, 0.15) is 26.7 Å². The molecule has 1 aromatic rings. The summed E-state index contributed by atoms with van der Waals surface area (Å²) in [5, 5.41) is 6.02. The zero-order valence-electron chi connectivity index (χ0n) is 15.2. The van der Waals surface area contributed by atoms with Crippen LogP contribution in [0, 0.1) is 0 Å². The van der Waals surface area contributed by atoms with Gasteiger partial charge in [0.1, 0.15) is 0 Å². The van der Waals surface area contributed by atoms with E-state index in [2.05, 4.69) is 15.4 Å². The fourth-order valence-corrected chi connectivity index (χ4v) is 3.69. The molecule has 1 atom stereocenters. The highest BCUT2D eigenvalue weighted by Gasteiger charge is 2.20. The Morgan fingerprint density at radius 3 is 2.62 bits per heavy atom. The molecular formula is C17H27N3O5S. The van der Waals surface area contributed by atoms with Crippen molar-refractivity contribution >= 4 is 15.9 Å². The minimum Gasteiger partial charge on any atom is -0.490 e. The highest BCUT2D eigenvalue weighted by atomic mass is 32.2. The number of sulfonamides is 1. The largest absolute Gasteiger partial charge is 0.490 e. The molecule has 26 heavy (non-hydrogen) atoms. The number of rotatable bonds is 9. The first-order valence-electron chi connectivity index (χ1n) is 8.85. The summed E-state index contributed by atoms with van der Waals surface area (Å²) in [4.78, 5) is 12.0. The number of nitrogens with one attached hydrogen (secondary N) is 3. The number of ether oxygens (including phenoxy) is 2. The van der Waals surface area contributed by atoms with E-state index in [4.69, 9.17) is 9.47 Å². The highest BCUT2D eigenvalue weighted by molar-refractivity contribution is 7.89. The first-order chi connectivity index (χ1) is 12.5. The highest BCUT2D eigenvalue weighted by Crippen LogP contribution is 2.30. The van der Waals surface area contributed by atoms with Gasteiger partial charge in [0, 0.05) is 18.7 Å². The minimum atomic E-state index is -3.83. The summed E-state index contributed by atoms with van der Waals surface area (Å²) in [6, 6.07) is 4.42. The Labute approximate surface area is 154 Å². The molecular weight excluding hydrogens is 358 g/mol. The molecule has 8 nitrogen and oxygen atoms in total. The molecule has 146 valence electrons. The Balaban J connectivity index is 1.99. The molecule has 1 aromatic carbocycles. The smallest absolute Gasteiger partial charge is 0.241 e. The molecule has 0 aliphatic carbocycles. The summed E-state index contributed by atoms with van der Waals surface area (Å²) in [5.41, 5.74) is 0. The van der Waals surface area contributed by atoms with Crippen LogP contribution in [0.15, 0.2) is 23.1 Å². The average Bonchev–Trinajstić information content (AvgIpc) is 2.63. The van der Waals surface area contributed by atoms with Crippen molar-refractivity contribution in [2.24, 2.45) is 0 Å². The van der Waals surface area contributed by atoms with Gasteiger partial charge in [-0.25, -0.2) is 13.1 Å². The molecule has 2 rings (SSSR count). The first kappa shape index (κ1) is 20.5. The van der Waals surface area contributed by atoms with E-state index in [-0.39, 0.29) is 23.4 Å². The van der Waals surface area contributed by atoms with E-state index in [1.807, 2.05) is 6.92 Å². The van der Waals surface area contributed by atoms with Crippen LogP contribution in [-0.4, -0.2) is 53.2 Å². The Kier molecular flexibility index (Phi) is 7.67. The molecule has 0 spiro atoms. The molecule has 1 unspecified atom stereocenters. The third-order valence-corrected chi connectivity index (χ3v) is 5.31. The fourth-order valence-electron chi connectivity index (χ4n) is 2.70. The van der Waals surface area contributed by atoms with Crippen molar-refractivity contribution in [3.8, 4) is 11.5 Å². The molecule has 1 heterocycles. The van der Waals surface area contributed by atoms with Gasteiger partial charge in [-0.1, -0.05) is 0 Å². The van der Waals surface area contributed by atoms with Gasteiger partial charge < -0.3 is 20.1 Å². The molecule has 1 amide bonds. The predicted molar refractivity (Wildman–Crippen MR) is 98.0 cm³/mol. The maximum absolute atomic E-state index is 12.5. The maximum atomic E-state index is 12.5. The number of carbonyl (C=O) groups excluding carboxylic acids is 1.